The average molecular weight is 570 g/mol. The molecule has 2 amide bonds. The Kier molecular flexibility index (Phi) is 8.14. The number of pyridine rings is 1. The van der Waals surface area contributed by atoms with Gasteiger partial charge in [0.15, 0.2) is 0 Å². The quantitative estimate of drug-likeness (QED) is 0.243. The van der Waals surface area contributed by atoms with E-state index in [4.69, 9.17) is 5.73 Å². The first-order valence-electron chi connectivity index (χ1n) is 13.1. The molecule has 0 bridgehead atoms. The molecule has 5 aromatic rings. The van der Waals surface area contributed by atoms with Crippen LogP contribution in [0.15, 0.2) is 91.1 Å². The lowest BCUT2D eigenvalue weighted by molar-refractivity contribution is -0.122. The smallest absolute Gasteiger partial charge is 0.251 e. The molecule has 3 N–H and O–H groups in total. The molecule has 10 heteroatoms. The highest BCUT2D eigenvalue weighted by atomic mass is 19.1. The van der Waals surface area contributed by atoms with Crippen molar-refractivity contribution in [2.75, 3.05) is 0 Å². The number of nitrogens with two attached hydrogens (primary N) is 1. The number of primary amides is 1. The highest BCUT2D eigenvalue weighted by Gasteiger charge is 2.23. The van der Waals surface area contributed by atoms with Crippen LogP contribution in [0.5, 0.6) is 0 Å². The summed E-state index contributed by atoms with van der Waals surface area (Å²) in [5, 5.41) is 7.50. The maximum absolute atomic E-state index is 14.2. The van der Waals surface area contributed by atoms with E-state index in [1.807, 2.05) is 43.3 Å². The van der Waals surface area contributed by atoms with Gasteiger partial charge >= 0.3 is 0 Å². The number of hydrogen-bond acceptors (Lipinski definition) is 4. The summed E-state index contributed by atoms with van der Waals surface area (Å²) in [6, 6.07) is 20.9. The normalized spacial score (nSPS) is 11.7. The fourth-order valence-corrected chi connectivity index (χ4v) is 4.80. The van der Waals surface area contributed by atoms with E-state index in [-0.39, 0.29) is 24.1 Å². The molecule has 7 nitrogen and oxygen atoms in total. The van der Waals surface area contributed by atoms with Gasteiger partial charge < -0.3 is 11.1 Å². The predicted octanol–water partition coefficient (Wildman–Crippen LogP) is 5.54. The Bertz CT molecular complexity index is 1750. The first-order chi connectivity index (χ1) is 20.2. The van der Waals surface area contributed by atoms with Crippen molar-refractivity contribution in [1.82, 2.24) is 20.1 Å². The summed E-state index contributed by atoms with van der Waals surface area (Å²) in [6.07, 6.45) is 1.49. The van der Waals surface area contributed by atoms with Crippen LogP contribution in [0.25, 0.3) is 22.4 Å². The summed E-state index contributed by atoms with van der Waals surface area (Å²) in [6.45, 7) is 1.71. The van der Waals surface area contributed by atoms with E-state index >= 15 is 0 Å². The van der Waals surface area contributed by atoms with Gasteiger partial charge in [-0.3, -0.25) is 19.3 Å². The molecule has 0 unspecified atom stereocenters. The number of carbonyl (C=O) groups is 2. The molecule has 0 aliphatic rings. The lowest BCUT2D eigenvalue weighted by atomic mass is 9.94. The minimum Gasteiger partial charge on any atom is -0.366 e. The lowest BCUT2D eigenvalue weighted by Gasteiger charge is -2.22. The Morgan fingerprint density at radius 2 is 1.64 bits per heavy atom. The summed E-state index contributed by atoms with van der Waals surface area (Å²) in [5.41, 5.74) is 8.95. The number of nitrogens with zero attached hydrogens (tertiary/aromatic N) is 3. The SMILES string of the molecule is Cc1cc(-c2ccccc2)nn1CC(=O)N[C@@H](Cc1cc(F)cc(F)c1)c1ncccc1-c1ccc(F)c(C(N)=O)c1. The fourth-order valence-electron chi connectivity index (χ4n) is 4.80. The van der Waals surface area contributed by atoms with Gasteiger partial charge in [0.2, 0.25) is 5.91 Å². The van der Waals surface area contributed by atoms with Crippen molar-refractivity contribution in [3.63, 3.8) is 0 Å². The molecule has 2 aromatic heterocycles. The second-order valence-corrected chi connectivity index (χ2v) is 9.79. The van der Waals surface area contributed by atoms with Crippen LogP contribution in [0, 0.1) is 24.4 Å². The van der Waals surface area contributed by atoms with Crippen molar-refractivity contribution in [1.29, 1.82) is 0 Å². The molecule has 0 aliphatic carbocycles. The number of aromatic nitrogens is 3. The maximum atomic E-state index is 14.2. The minimum atomic E-state index is -0.940. The number of carbonyl (C=O) groups excluding carboxylic acids is 2. The van der Waals surface area contributed by atoms with Crippen molar-refractivity contribution in [2.24, 2.45) is 5.73 Å². The van der Waals surface area contributed by atoms with Crippen molar-refractivity contribution >= 4 is 11.8 Å². The van der Waals surface area contributed by atoms with Crippen molar-refractivity contribution in [3.8, 4) is 22.4 Å². The number of halogens is 3. The van der Waals surface area contributed by atoms with Crippen LogP contribution in [0.4, 0.5) is 13.2 Å². The molecule has 3 aromatic carbocycles. The Hall–Kier alpha value is -5.25. The molecule has 1 atom stereocenters. The molecule has 0 saturated carbocycles. The van der Waals surface area contributed by atoms with E-state index in [1.54, 1.807) is 16.8 Å². The van der Waals surface area contributed by atoms with Gasteiger partial charge in [0.1, 0.15) is 24.0 Å². The second kappa shape index (κ2) is 12.1. The molecule has 42 heavy (non-hydrogen) atoms. The van der Waals surface area contributed by atoms with Crippen LogP contribution in [0.3, 0.4) is 0 Å². The zero-order valence-electron chi connectivity index (χ0n) is 22.5. The van der Waals surface area contributed by atoms with Crippen LogP contribution >= 0.6 is 0 Å². The molecule has 0 aliphatic heterocycles. The van der Waals surface area contributed by atoms with E-state index in [9.17, 15) is 22.8 Å². The highest BCUT2D eigenvalue weighted by Crippen LogP contribution is 2.30. The zero-order valence-corrected chi connectivity index (χ0v) is 22.5. The van der Waals surface area contributed by atoms with Crippen LogP contribution < -0.4 is 11.1 Å². The molecular formula is C32H26F3N5O2. The standard InChI is InChI=1S/C32H26F3N5O2/c1-19-12-28(21-6-3-2-4-7-21)39-40(19)18-30(41)38-29(15-20-13-23(33)17-24(34)14-20)31-25(8-5-11-37-31)22-9-10-27(35)26(16-22)32(36)42/h2-14,16-17,29H,15,18H2,1H3,(H2,36,42)(H,38,41)/t29-/m0/s1. The first kappa shape index (κ1) is 28.3. The average Bonchev–Trinajstić information content (AvgIpc) is 3.32. The van der Waals surface area contributed by atoms with Gasteiger partial charge in [-0.2, -0.15) is 5.10 Å². The molecule has 2 heterocycles. The maximum Gasteiger partial charge on any atom is 0.251 e. The van der Waals surface area contributed by atoms with Gasteiger partial charge in [-0.25, -0.2) is 13.2 Å². The number of amides is 2. The monoisotopic (exact) mass is 569 g/mol. The van der Waals surface area contributed by atoms with Crippen molar-refractivity contribution in [3.05, 3.63) is 131 Å². The molecule has 0 spiro atoms. The van der Waals surface area contributed by atoms with Gasteiger partial charge in [0.05, 0.1) is 23.0 Å². The zero-order chi connectivity index (χ0) is 29.8. The van der Waals surface area contributed by atoms with E-state index in [0.717, 1.165) is 23.4 Å². The summed E-state index contributed by atoms with van der Waals surface area (Å²) in [4.78, 5) is 29.7. The van der Waals surface area contributed by atoms with Crippen LogP contribution in [0.1, 0.15) is 33.4 Å². The topological polar surface area (TPSA) is 103 Å². The van der Waals surface area contributed by atoms with Crippen LogP contribution in [0.2, 0.25) is 0 Å². The molecular weight excluding hydrogens is 543 g/mol. The van der Waals surface area contributed by atoms with E-state index in [2.05, 4.69) is 15.4 Å². The number of rotatable bonds is 9. The lowest BCUT2D eigenvalue weighted by Crippen LogP contribution is -2.34. The molecule has 5 rings (SSSR count). The van der Waals surface area contributed by atoms with E-state index in [1.165, 1.54) is 30.5 Å². The number of aryl methyl sites for hydroxylation is 1. The third-order valence-electron chi connectivity index (χ3n) is 6.75. The summed E-state index contributed by atoms with van der Waals surface area (Å²) >= 11 is 0. The Morgan fingerprint density at radius 3 is 2.36 bits per heavy atom. The Morgan fingerprint density at radius 1 is 0.905 bits per heavy atom. The molecule has 0 saturated heterocycles. The number of hydrogen-bond donors (Lipinski definition) is 2. The highest BCUT2D eigenvalue weighted by molar-refractivity contribution is 5.94. The molecule has 0 fully saturated rings. The summed E-state index contributed by atoms with van der Waals surface area (Å²) in [5.74, 6) is -3.66. The number of nitrogens with one attached hydrogen (secondary N) is 1. The van der Waals surface area contributed by atoms with E-state index < -0.39 is 35.3 Å². The van der Waals surface area contributed by atoms with Crippen LogP contribution in [-0.2, 0) is 17.8 Å². The predicted molar refractivity (Wildman–Crippen MR) is 151 cm³/mol. The number of benzene rings is 3. The molecule has 0 radical (unpaired) electrons. The van der Waals surface area contributed by atoms with Crippen molar-refractivity contribution in [2.45, 2.75) is 25.9 Å². The third kappa shape index (κ3) is 6.38. The molecule has 212 valence electrons. The van der Waals surface area contributed by atoms with Crippen LogP contribution in [-0.4, -0.2) is 26.6 Å². The van der Waals surface area contributed by atoms with Gasteiger partial charge in [0.25, 0.3) is 5.91 Å². The Balaban J connectivity index is 1.49. The Labute approximate surface area is 239 Å². The summed E-state index contributed by atoms with van der Waals surface area (Å²) in [7, 11) is 0. The van der Waals surface area contributed by atoms with Crippen molar-refractivity contribution < 1.29 is 22.8 Å². The van der Waals surface area contributed by atoms with Gasteiger partial charge in [-0.15, -0.1) is 0 Å². The second-order valence-electron chi connectivity index (χ2n) is 9.79. The summed E-state index contributed by atoms with van der Waals surface area (Å²) < 4.78 is 44.0. The van der Waals surface area contributed by atoms with E-state index in [0.29, 0.717) is 22.5 Å². The van der Waals surface area contributed by atoms with Gasteiger partial charge in [-0.05, 0) is 60.9 Å². The third-order valence-corrected chi connectivity index (χ3v) is 6.75. The van der Waals surface area contributed by atoms with Gasteiger partial charge in [0, 0.05) is 29.1 Å². The largest absolute Gasteiger partial charge is 0.366 e. The fraction of sp³-hybridized carbons (Fsp3) is 0.125. The minimum absolute atomic E-state index is 0.0122. The van der Waals surface area contributed by atoms with Gasteiger partial charge in [-0.1, -0.05) is 42.5 Å². The first-order valence-corrected chi connectivity index (χ1v) is 13.1.